The molecule has 3 heteroatoms. The molecule has 0 aromatic heterocycles. The second kappa shape index (κ2) is 7.53. The van der Waals surface area contributed by atoms with E-state index in [0.717, 1.165) is 24.3 Å². The summed E-state index contributed by atoms with van der Waals surface area (Å²) in [6.45, 7) is 2.89. The minimum atomic E-state index is 0.0449. The molecule has 108 valence electrons. The van der Waals surface area contributed by atoms with Gasteiger partial charge in [-0.3, -0.25) is 4.79 Å². The number of amides is 1. The molecule has 0 heterocycles. The molecule has 1 aromatic rings. The van der Waals surface area contributed by atoms with Crippen LogP contribution >= 0.6 is 11.8 Å². The van der Waals surface area contributed by atoms with Crippen LogP contribution in [0.15, 0.2) is 40.8 Å². The van der Waals surface area contributed by atoms with E-state index in [4.69, 9.17) is 0 Å². The van der Waals surface area contributed by atoms with Crippen molar-refractivity contribution in [2.75, 3.05) is 6.26 Å². The predicted molar refractivity (Wildman–Crippen MR) is 85.8 cm³/mol. The molecule has 1 amide bonds. The van der Waals surface area contributed by atoms with Crippen molar-refractivity contribution in [3.05, 3.63) is 41.5 Å². The summed E-state index contributed by atoms with van der Waals surface area (Å²) in [6.07, 6.45) is 8.47. The van der Waals surface area contributed by atoms with Crippen LogP contribution in [0.25, 0.3) is 0 Å². The maximum atomic E-state index is 11.9. The Kier molecular flexibility index (Phi) is 5.72. The topological polar surface area (TPSA) is 29.1 Å². The Labute approximate surface area is 126 Å². The van der Waals surface area contributed by atoms with Crippen LogP contribution in [0.4, 0.5) is 0 Å². The van der Waals surface area contributed by atoms with Gasteiger partial charge in [0.25, 0.3) is 0 Å². The molecule has 0 spiro atoms. The van der Waals surface area contributed by atoms with Crippen molar-refractivity contribution >= 4 is 17.7 Å². The van der Waals surface area contributed by atoms with E-state index in [1.807, 2.05) is 6.08 Å². The van der Waals surface area contributed by atoms with Crippen LogP contribution < -0.4 is 5.32 Å². The van der Waals surface area contributed by atoms with Crippen LogP contribution in [0.5, 0.6) is 0 Å². The summed E-state index contributed by atoms with van der Waals surface area (Å²) in [7, 11) is 0. The fraction of sp³-hybridized carbons (Fsp3) is 0.471. The number of thioether (sulfide) groups is 1. The lowest BCUT2D eigenvalue weighted by atomic mass is 9.87. The zero-order valence-corrected chi connectivity index (χ0v) is 13.1. The summed E-state index contributed by atoms with van der Waals surface area (Å²) in [4.78, 5) is 13.1. The smallest absolute Gasteiger partial charge is 0.244 e. The highest BCUT2D eigenvalue weighted by atomic mass is 32.2. The van der Waals surface area contributed by atoms with Gasteiger partial charge in [0.1, 0.15) is 0 Å². The van der Waals surface area contributed by atoms with Gasteiger partial charge in [0.05, 0.1) is 0 Å². The van der Waals surface area contributed by atoms with Crippen molar-refractivity contribution in [1.82, 2.24) is 5.32 Å². The second-order valence-electron chi connectivity index (χ2n) is 5.55. The minimum absolute atomic E-state index is 0.0449. The van der Waals surface area contributed by atoms with E-state index in [1.54, 1.807) is 11.8 Å². The summed E-state index contributed by atoms with van der Waals surface area (Å²) >= 11 is 1.73. The van der Waals surface area contributed by atoms with E-state index < -0.39 is 0 Å². The van der Waals surface area contributed by atoms with Gasteiger partial charge in [-0.2, -0.15) is 0 Å². The zero-order chi connectivity index (χ0) is 14.4. The van der Waals surface area contributed by atoms with Gasteiger partial charge in [-0.05, 0) is 55.6 Å². The molecule has 0 radical (unpaired) electrons. The van der Waals surface area contributed by atoms with Crippen LogP contribution in [0.2, 0.25) is 0 Å². The number of benzene rings is 1. The zero-order valence-electron chi connectivity index (χ0n) is 12.3. The van der Waals surface area contributed by atoms with Crippen molar-refractivity contribution in [3.8, 4) is 0 Å². The number of hydrogen-bond donors (Lipinski definition) is 1. The number of carbonyl (C=O) groups is 1. The van der Waals surface area contributed by atoms with Gasteiger partial charge in [-0.1, -0.05) is 24.6 Å². The molecule has 2 nitrogen and oxygen atoms in total. The molecule has 1 aliphatic carbocycles. The molecule has 20 heavy (non-hydrogen) atoms. The molecule has 1 N–H and O–H groups in total. The molecule has 1 aliphatic rings. The number of hydrogen-bond acceptors (Lipinski definition) is 2. The molecule has 0 bridgehead atoms. The molecule has 0 atom stereocenters. The lowest BCUT2D eigenvalue weighted by Crippen LogP contribution is -2.21. The van der Waals surface area contributed by atoms with Crippen LogP contribution in [0.1, 0.15) is 38.2 Å². The Hall–Kier alpha value is -1.22. The maximum Gasteiger partial charge on any atom is 0.244 e. The van der Waals surface area contributed by atoms with E-state index in [0.29, 0.717) is 6.54 Å². The number of carbonyl (C=O) groups excluding carboxylic acids is 1. The van der Waals surface area contributed by atoms with Crippen LogP contribution in [-0.2, 0) is 11.3 Å². The average molecular weight is 289 g/mol. The van der Waals surface area contributed by atoms with Gasteiger partial charge in [0.2, 0.25) is 5.91 Å². The fourth-order valence-corrected chi connectivity index (χ4v) is 2.85. The quantitative estimate of drug-likeness (QED) is 0.666. The molecule has 2 rings (SSSR count). The summed E-state index contributed by atoms with van der Waals surface area (Å²) in [5, 5.41) is 2.97. The van der Waals surface area contributed by atoms with E-state index in [-0.39, 0.29) is 5.91 Å². The highest BCUT2D eigenvalue weighted by molar-refractivity contribution is 7.98. The first kappa shape index (κ1) is 15.2. The van der Waals surface area contributed by atoms with Gasteiger partial charge in [0, 0.05) is 17.5 Å². The molecule has 0 unspecified atom stereocenters. The van der Waals surface area contributed by atoms with Crippen LogP contribution in [0, 0.1) is 5.92 Å². The van der Waals surface area contributed by atoms with Crippen molar-refractivity contribution in [3.63, 3.8) is 0 Å². The molecule has 0 aliphatic heterocycles. The first-order valence-electron chi connectivity index (χ1n) is 7.27. The van der Waals surface area contributed by atoms with Gasteiger partial charge < -0.3 is 5.32 Å². The van der Waals surface area contributed by atoms with Crippen LogP contribution in [0.3, 0.4) is 0 Å². The van der Waals surface area contributed by atoms with E-state index in [9.17, 15) is 4.79 Å². The van der Waals surface area contributed by atoms with Crippen molar-refractivity contribution in [2.24, 2.45) is 5.92 Å². The standard InChI is InChI=1S/C17H23NOS/c1-13-3-5-14(6-4-13)11-17(19)18-12-15-7-9-16(20-2)10-8-15/h7-11,13H,3-6,12H2,1-2H3,(H,18,19). The van der Waals surface area contributed by atoms with Gasteiger partial charge in [-0.15, -0.1) is 11.8 Å². The van der Waals surface area contributed by atoms with Gasteiger partial charge in [0.15, 0.2) is 0 Å². The third kappa shape index (κ3) is 4.71. The number of rotatable bonds is 4. The first-order chi connectivity index (χ1) is 9.67. The van der Waals surface area contributed by atoms with Crippen molar-refractivity contribution in [2.45, 2.75) is 44.0 Å². The Balaban J connectivity index is 1.81. The van der Waals surface area contributed by atoms with Gasteiger partial charge >= 0.3 is 0 Å². The monoisotopic (exact) mass is 289 g/mol. The largest absolute Gasteiger partial charge is 0.348 e. The Morgan fingerprint density at radius 1 is 1.30 bits per heavy atom. The van der Waals surface area contributed by atoms with E-state index in [2.05, 4.69) is 42.8 Å². The second-order valence-corrected chi connectivity index (χ2v) is 6.43. The summed E-state index contributed by atoms with van der Waals surface area (Å²) in [5.41, 5.74) is 2.45. The molecule has 1 fully saturated rings. The van der Waals surface area contributed by atoms with Crippen molar-refractivity contribution in [1.29, 1.82) is 0 Å². The third-order valence-electron chi connectivity index (χ3n) is 3.88. The van der Waals surface area contributed by atoms with Crippen molar-refractivity contribution < 1.29 is 4.79 Å². The fourth-order valence-electron chi connectivity index (χ4n) is 2.45. The Morgan fingerprint density at radius 2 is 1.95 bits per heavy atom. The summed E-state index contributed by atoms with van der Waals surface area (Å²) in [5.74, 6) is 0.855. The number of allylic oxidation sites excluding steroid dienone is 1. The third-order valence-corrected chi connectivity index (χ3v) is 4.62. The summed E-state index contributed by atoms with van der Waals surface area (Å²) in [6, 6.07) is 8.32. The highest BCUT2D eigenvalue weighted by Gasteiger charge is 2.13. The molecule has 1 aromatic carbocycles. The first-order valence-corrected chi connectivity index (χ1v) is 8.50. The molecule has 1 saturated carbocycles. The molecular weight excluding hydrogens is 266 g/mol. The Bertz CT molecular complexity index is 468. The van der Waals surface area contributed by atoms with Crippen LogP contribution in [-0.4, -0.2) is 12.2 Å². The average Bonchev–Trinajstić information content (AvgIpc) is 2.48. The highest BCUT2D eigenvalue weighted by Crippen LogP contribution is 2.27. The molecular formula is C17H23NOS. The lowest BCUT2D eigenvalue weighted by molar-refractivity contribution is -0.116. The minimum Gasteiger partial charge on any atom is -0.348 e. The molecule has 0 saturated heterocycles. The SMILES string of the molecule is CSc1ccc(CNC(=O)C=C2CCC(C)CC2)cc1. The summed E-state index contributed by atoms with van der Waals surface area (Å²) < 4.78 is 0. The lowest BCUT2D eigenvalue weighted by Gasteiger charge is -2.19. The van der Waals surface area contributed by atoms with E-state index in [1.165, 1.54) is 23.3 Å². The Morgan fingerprint density at radius 3 is 2.55 bits per heavy atom. The number of nitrogens with one attached hydrogen (secondary N) is 1. The maximum absolute atomic E-state index is 11.9. The van der Waals surface area contributed by atoms with E-state index >= 15 is 0 Å². The van der Waals surface area contributed by atoms with Gasteiger partial charge in [-0.25, -0.2) is 0 Å². The predicted octanol–water partition coefficient (Wildman–Crippen LogP) is 4.16. The normalized spacial score (nSPS) is 18.7.